The molecule has 0 saturated carbocycles. The summed E-state index contributed by atoms with van der Waals surface area (Å²) < 4.78 is 73.4. The summed E-state index contributed by atoms with van der Waals surface area (Å²) in [5.41, 5.74) is -1.11. The zero-order valence-electron chi connectivity index (χ0n) is 23.9. The largest absolute Gasteiger partial charge is 0.383 e. The molecule has 0 bridgehead atoms. The van der Waals surface area contributed by atoms with Crippen molar-refractivity contribution in [3.05, 3.63) is 35.3 Å². The van der Waals surface area contributed by atoms with Crippen LogP contribution in [0.15, 0.2) is 24.2 Å². The fourth-order valence-electron chi connectivity index (χ4n) is 2.10. The number of benzene rings is 1. The lowest BCUT2D eigenvalue weighted by Gasteiger charge is -2.24. The third kappa shape index (κ3) is 4.40. The molecule has 0 fully saturated rings. The summed E-state index contributed by atoms with van der Waals surface area (Å²) >= 11 is 0. The van der Waals surface area contributed by atoms with Crippen LogP contribution in [0.3, 0.4) is 0 Å². The molecule has 1 aliphatic heterocycles. The summed E-state index contributed by atoms with van der Waals surface area (Å²) in [6, 6.07) is -8.76. The molecule has 142 valence electrons. The highest BCUT2D eigenvalue weighted by Gasteiger charge is 2.32. The molecule has 7 heteroatoms. The van der Waals surface area contributed by atoms with Gasteiger partial charge >= 0.3 is 0 Å². The van der Waals surface area contributed by atoms with Crippen molar-refractivity contribution < 1.29 is 31.8 Å². The normalized spacial score (nSPS) is 31.5. The van der Waals surface area contributed by atoms with Crippen LogP contribution in [0.5, 0.6) is 0 Å². The molecule has 3 atom stereocenters. The van der Waals surface area contributed by atoms with E-state index in [0.29, 0.717) is 4.90 Å². The summed E-state index contributed by atoms with van der Waals surface area (Å²) in [5.74, 6) is -5.20. The molecule has 26 heavy (non-hydrogen) atoms. The van der Waals surface area contributed by atoms with E-state index in [4.69, 9.17) is 12.3 Å². The van der Waals surface area contributed by atoms with E-state index in [1.165, 1.54) is 13.8 Å². The molecule has 1 heterocycles. The van der Waals surface area contributed by atoms with Gasteiger partial charge in [0.05, 0.1) is 9.60 Å². The number of hydrogen-bond donors (Lipinski definition) is 3. The van der Waals surface area contributed by atoms with Gasteiger partial charge in [-0.05, 0) is 30.4 Å². The first kappa shape index (κ1) is 10.7. The van der Waals surface area contributed by atoms with Gasteiger partial charge in [0.25, 0.3) is 0 Å². The van der Waals surface area contributed by atoms with Crippen molar-refractivity contribution >= 4 is 17.7 Å². The van der Waals surface area contributed by atoms with Crippen LogP contribution in [0.25, 0.3) is 0 Å². The van der Waals surface area contributed by atoms with E-state index in [1.54, 1.807) is 0 Å². The van der Waals surface area contributed by atoms with Gasteiger partial charge < -0.3 is 20.6 Å². The number of likely N-dealkylation sites (N-methyl/N-ethyl adjacent to an activating group) is 1. The van der Waals surface area contributed by atoms with Crippen LogP contribution in [0.1, 0.15) is 50.3 Å². The highest BCUT2D eigenvalue weighted by molar-refractivity contribution is 5.93. The van der Waals surface area contributed by atoms with E-state index in [9.17, 15) is 19.5 Å². The zero-order chi connectivity index (χ0) is 27.5. The number of hydrogen-bond acceptors (Lipinski definition) is 4. The van der Waals surface area contributed by atoms with Gasteiger partial charge in [-0.1, -0.05) is 38.0 Å². The van der Waals surface area contributed by atoms with Gasteiger partial charge in [0.1, 0.15) is 18.1 Å². The minimum absolute atomic E-state index is 0.412. The minimum Gasteiger partial charge on any atom is -0.383 e. The molecule has 0 radical (unpaired) electrons. The molecule has 3 N–H and O–H groups in total. The van der Waals surface area contributed by atoms with Gasteiger partial charge in [-0.3, -0.25) is 14.4 Å². The first-order valence-corrected chi connectivity index (χ1v) is 7.88. The second kappa shape index (κ2) is 8.31. The molecule has 1 aromatic rings. The quantitative estimate of drug-likeness (QED) is 0.698. The fraction of sp³-hybridized carbons (Fsp3) is 0.526. The molecular formula is C19H27N3O4. The number of amides is 3. The van der Waals surface area contributed by atoms with E-state index in [1.807, 2.05) is 10.6 Å². The molecule has 0 aliphatic carbocycles. The summed E-state index contributed by atoms with van der Waals surface area (Å²) in [7, 11) is 0.991. The van der Waals surface area contributed by atoms with Crippen molar-refractivity contribution in [2.24, 2.45) is 5.92 Å². The first-order valence-electron chi connectivity index (χ1n) is 12.4. The average molecular weight is 370 g/mol. The number of aliphatic hydroxyl groups is 1. The maximum Gasteiger partial charge on any atom is 0.249 e. The van der Waals surface area contributed by atoms with Gasteiger partial charge in [0, 0.05) is 16.3 Å². The van der Waals surface area contributed by atoms with Crippen LogP contribution >= 0.6 is 0 Å². The number of carbonyl (C=O) groups is 3. The number of fused-ring (bicyclic) bond motifs is 1. The Balaban J connectivity index is 2.66. The minimum atomic E-state index is -3.01. The third-order valence-corrected chi connectivity index (χ3v) is 3.69. The lowest BCUT2D eigenvalue weighted by molar-refractivity contribution is -0.137. The van der Waals surface area contributed by atoms with Gasteiger partial charge in [-0.2, -0.15) is 0 Å². The predicted octanol–water partition coefficient (Wildman–Crippen LogP) is 0.380. The summed E-state index contributed by atoms with van der Waals surface area (Å²) in [4.78, 5) is 39.1. The van der Waals surface area contributed by atoms with Crippen molar-refractivity contribution in [1.29, 1.82) is 0 Å². The first-order chi connectivity index (χ1) is 15.6. The van der Waals surface area contributed by atoms with Crippen molar-refractivity contribution in [1.82, 2.24) is 15.5 Å². The van der Waals surface area contributed by atoms with Crippen molar-refractivity contribution in [3.8, 4) is 0 Å². The fourth-order valence-corrected chi connectivity index (χ4v) is 2.10. The molecule has 3 amide bonds. The Labute approximate surface area is 166 Å². The Hall–Kier alpha value is -2.41. The SMILES string of the molecule is [2H]c1c([2H])c([2H])c2c(c1[2H])CC([2H])([2H])N(C)C(=O)[C@@]2([2H])NC(=O)C([2H])(C)NC(=O)[C@]([2H])(O)C(C)C. The molecule has 1 unspecified atom stereocenters. The van der Waals surface area contributed by atoms with Gasteiger partial charge in [-0.25, -0.2) is 0 Å². The Morgan fingerprint density at radius 1 is 1.38 bits per heavy atom. The maximum atomic E-state index is 13.3. The Morgan fingerprint density at radius 3 is 2.69 bits per heavy atom. The van der Waals surface area contributed by atoms with E-state index in [0.717, 1.165) is 14.0 Å². The van der Waals surface area contributed by atoms with Crippen LogP contribution in [0, 0.1) is 5.92 Å². The Bertz CT molecular complexity index is 1090. The van der Waals surface area contributed by atoms with Crippen molar-refractivity contribution in [3.63, 3.8) is 0 Å². The van der Waals surface area contributed by atoms with Crippen LogP contribution in [-0.4, -0.2) is 53.4 Å². The molecule has 1 aliphatic rings. The van der Waals surface area contributed by atoms with E-state index < -0.39 is 90.0 Å². The number of carbonyl (C=O) groups excluding carboxylic acids is 3. The number of nitrogens with one attached hydrogen (secondary N) is 2. The van der Waals surface area contributed by atoms with Gasteiger partial charge in [0.15, 0.2) is 0 Å². The summed E-state index contributed by atoms with van der Waals surface area (Å²) in [6.45, 7) is 1.05. The average Bonchev–Trinajstić information content (AvgIpc) is 2.78. The number of nitrogens with zero attached hydrogens (tertiary/aromatic N) is 1. The monoisotopic (exact) mass is 370 g/mol. The zero-order valence-corrected chi connectivity index (χ0v) is 14.9. The Morgan fingerprint density at radius 2 is 2.04 bits per heavy atom. The molecule has 0 aromatic heterocycles. The lowest BCUT2D eigenvalue weighted by Crippen LogP contribution is -2.51. The van der Waals surface area contributed by atoms with Gasteiger partial charge in [-0.15, -0.1) is 0 Å². The topological polar surface area (TPSA) is 98.7 Å². The molecular weight excluding hydrogens is 334 g/mol. The third-order valence-electron chi connectivity index (χ3n) is 3.69. The van der Waals surface area contributed by atoms with Crippen molar-refractivity contribution in [2.45, 2.75) is 45.3 Å². The molecule has 0 saturated heterocycles. The van der Waals surface area contributed by atoms with Crippen LogP contribution in [0.4, 0.5) is 0 Å². The second-order valence-electron chi connectivity index (χ2n) is 6.00. The van der Waals surface area contributed by atoms with Crippen LogP contribution in [0.2, 0.25) is 0 Å². The van der Waals surface area contributed by atoms with E-state index >= 15 is 0 Å². The molecule has 1 aromatic carbocycles. The number of rotatable bonds is 5. The highest BCUT2D eigenvalue weighted by atomic mass is 16.3. The van der Waals surface area contributed by atoms with Gasteiger partial charge in [0.2, 0.25) is 17.7 Å². The highest BCUT2D eigenvalue weighted by Crippen LogP contribution is 2.24. The van der Waals surface area contributed by atoms with Crippen molar-refractivity contribution in [2.75, 3.05) is 13.5 Å². The summed E-state index contributed by atoms with van der Waals surface area (Å²) in [6.07, 6.45) is -3.42. The summed E-state index contributed by atoms with van der Waals surface area (Å²) in [5, 5.41) is 13.8. The van der Waals surface area contributed by atoms with E-state index in [-0.39, 0.29) is 0 Å². The standard InChI is InChI=1S/C19H27N3O4/c1-11(2)16(23)18(25)20-12(3)17(24)21-15-14-8-6-5-7-13(14)9-10-22(4)19(15)26/h5-8,11-12,15-16,23H,9-10H2,1-4H3,(H,20,25)(H,21,24)/t12?,15-,16+/m0/s1/i5D,6D,7D,8D,10D2,12D,15D,16D. The smallest absolute Gasteiger partial charge is 0.249 e. The molecule has 7 nitrogen and oxygen atoms in total. The molecule has 0 spiro atoms. The Kier molecular flexibility index (Phi) is 3.41. The molecule has 2 rings (SSSR count). The lowest BCUT2D eigenvalue weighted by atomic mass is 9.99. The van der Waals surface area contributed by atoms with Crippen LogP contribution in [-0.2, 0) is 20.8 Å². The predicted molar refractivity (Wildman–Crippen MR) is 97.1 cm³/mol. The van der Waals surface area contributed by atoms with Crippen LogP contribution < -0.4 is 10.6 Å². The second-order valence-corrected chi connectivity index (χ2v) is 6.00. The van der Waals surface area contributed by atoms with E-state index in [2.05, 4.69) is 0 Å². The maximum absolute atomic E-state index is 13.3.